The second-order valence-corrected chi connectivity index (χ2v) is 7.41. The summed E-state index contributed by atoms with van der Waals surface area (Å²) in [5.41, 5.74) is 0.0778. The van der Waals surface area contributed by atoms with E-state index in [1.54, 1.807) is 6.07 Å². The second kappa shape index (κ2) is 9.40. The van der Waals surface area contributed by atoms with Crippen molar-refractivity contribution in [3.63, 3.8) is 0 Å². The zero-order valence-electron chi connectivity index (χ0n) is 15.6. The number of hydrogen-bond acceptors (Lipinski definition) is 2. The molecule has 0 radical (unpaired) electrons. The number of carbonyl (C=O) groups excluding carboxylic acids is 1. The summed E-state index contributed by atoms with van der Waals surface area (Å²) in [6.45, 7) is 6.30. The normalized spacial score (nSPS) is 17.9. The molecule has 1 heterocycles. The summed E-state index contributed by atoms with van der Waals surface area (Å²) in [7, 11) is 0. The molecule has 0 aliphatic carbocycles. The first-order chi connectivity index (χ1) is 12.3. The molecule has 3 nitrogen and oxygen atoms in total. The lowest BCUT2D eigenvalue weighted by molar-refractivity contribution is -0.137. The molecule has 1 aliphatic heterocycles. The molecule has 0 bridgehead atoms. The van der Waals surface area contributed by atoms with Crippen LogP contribution in [0.4, 0.5) is 13.2 Å². The molecule has 146 valence electrons. The van der Waals surface area contributed by atoms with Crippen LogP contribution < -0.4 is 5.32 Å². The maximum Gasteiger partial charge on any atom is 0.416 e. The number of carbonyl (C=O) groups is 1. The monoisotopic (exact) mass is 370 g/mol. The summed E-state index contributed by atoms with van der Waals surface area (Å²) in [5.74, 6) is 0.517. The second-order valence-electron chi connectivity index (χ2n) is 7.41. The summed E-state index contributed by atoms with van der Waals surface area (Å²) in [4.78, 5) is 14.2. The standard InChI is InChI=1S/C20H29F3N2O/c1-3-5-15(2)12-19(26)24-18-8-10-25(11-9-18)14-16-6-4-7-17(13-16)20(21,22)23/h4,6-7,13,15,18H,3,5,8-12,14H2,1-2H3,(H,24,26). The van der Waals surface area contributed by atoms with Crippen molar-refractivity contribution in [3.8, 4) is 0 Å². The van der Waals surface area contributed by atoms with Crippen LogP contribution in [0.25, 0.3) is 0 Å². The predicted molar refractivity (Wildman–Crippen MR) is 96.6 cm³/mol. The number of nitrogens with zero attached hydrogens (tertiary/aromatic N) is 1. The highest BCUT2D eigenvalue weighted by Crippen LogP contribution is 2.30. The van der Waals surface area contributed by atoms with Crippen molar-refractivity contribution in [1.82, 2.24) is 10.2 Å². The van der Waals surface area contributed by atoms with Gasteiger partial charge in [0.05, 0.1) is 5.56 Å². The molecule has 1 atom stereocenters. The molecule has 2 rings (SSSR count). The number of amides is 1. The van der Waals surface area contributed by atoms with Crippen molar-refractivity contribution in [2.24, 2.45) is 5.92 Å². The first kappa shape index (κ1) is 20.7. The number of hydrogen-bond donors (Lipinski definition) is 1. The van der Waals surface area contributed by atoms with Gasteiger partial charge in [-0.25, -0.2) is 0 Å². The van der Waals surface area contributed by atoms with Gasteiger partial charge in [-0.15, -0.1) is 0 Å². The van der Waals surface area contributed by atoms with Crippen LogP contribution in [0.1, 0.15) is 57.1 Å². The fourth-order valence-corrected chi connectivity index (χ4v) is 3.54. The SMILES string of the molecule is CCCC(C)CC(=O)NC1CCN(Cc2cccc(C(F)(F)F)c2)CC1. The van der Waals surface area contributed by atoms with Crippen LogP contribution >= 0.6 is 0 Å². The number of nitrogens with one attached hydrogen (secondary N) is 1. The van der Waals surface area contributed by atoms with Gasteiger partial charge in [-0.1, -0.05) is 44.9 Å². The van der Waals surface area contributed by atoms with E-state index in [2.05, 4.69) is 24.1 Å². The lowest BCUT2D eigenvalue weighted by atomic mass is 10.00. The van der Waals surface area contributed by atoms with Crippen LogP contribution in [0.15, 0.2) is 24.3 Å². The topological polar surface area (TPSA) is 32.3 Å². The van der Waals surface area contributed by atoms with E-state index in [1.165, 1.54) is 12.1 Å². The Kier molecular flexibility index (Phi) is 7.50. The summed E-state index contributed by atoms with van der Waals surface area (Å²) in [6, 6.07) is 5.70. The van der Waals surface area contributed by atoms with Gasteiger partial charge in [-0.2, -0.15) is 13.2 Å². The largest absolute Gasteiger partial charge is 0.416 e. The van der Waals surface area contributed by atoms with Gasteiger partial charge in [0.2, 0.25) is 5.91 Å². The van der Waals surface area contributed by atoms with Crippen LogP contribution in [-0.2, 0) is 17.5 Å². The Balaban J connectivity index is 1.77. The molecule has 0 spiro atoms. The van der Waals surface area contributed by atoms with E-state index in [-0.39, 0.29) is 11.9 Å². The minimum Gasteiger partial charge on any atom is -0.353 e. The number of rotatable bonds is 7. The molecule has 1 unspecified atom stereocenters. The molecule has 1 aromatic rings. The highest BCUT2D eigenvalue weighted by Gasteiger charge is 2.30. The van der Waals surface area contributed by atoms with E-state index in [4.69, 9.17) is 0 Å². The third kappa shape index (κ3) is 6.63. The fraction of sp³-hybridized carbons (Fsp3) is 0.650. The molecule has 1 saturated heterocycles. The van der Waals surface area contributed by atoms with E-state index < -0.39 is 11.7 Å². The number of alkyl halides is 3. The maximum atomic E-state index is 12.8. The molecule has 0 saturated carbocycles. The van der Waals surface area contributed by atoms with Crippen LogP contribution in [0.2, 0.25) is 0 Å². The minimum atomic E-state index is -4.30. The van der Waals surface area contributed by atoms with E-state index in [0.717, 1.165) is 44.8 Å². The van der Waals surface area contributed by atoms with E-state index in [1.807, 2.05) is 0 Å². The van der Waals surface area contributed by atoms with Crippen LogP contribution in [0.3, 0.4) is 0 Å². The third-order valence-electron chi connectivity index (χ3n) is 4.93. The molecular formula is C20H29F3N2O. The Labute approximate surface area is 154 Å². The predicted octanol–water partition coefficient (Wildman–Crippen LogP) is 4.61. The van der Waals surface area contributed by atoms with Crippen molar-refractivity contribution in [1.29, 1.82) is 0 Å². The number of piperidine rings is 1. The molecule has 1 fully saturated rings. The minimum absolute atomic E-state index is 0.113. The molecule has 6 heteroatoms. The average molecular weight is 370 g/mol. The summed E-state index contributed by atoms with van der Waals surface area (Å²) < 4.78 is 38.4. The van der Waals surface area contributed by atoms with Gasteiger partial charge in [-0.05, 0) is 30.4 Å². The van der Waals surface area contributed by atoms with Gasteiger partial charge in [0.1, 0.15) is 0 Å². The van der Waals surface area contributed by atoms with Crippen molar-refractivity contribution in [2.45, 2.75) is 64.7 Å². The average Bonchev–Trinajstić information content (AvgIpc) is 2.56. The molecule has 1 aliphatic rings. The first-order valence-electron chi connectivity index (χ1n) is 9.45. The first-order valence-corrected chi connectivity index (χ1v) is 9.45. The highest BCUT2D eigenvalue weighted by atomic mass is 19.4. The summed E-state index contributed by atoms with van der Waals surface area (Å²) >= 11 is 0. The van der Waals surface area contributed by atoms with Gasteiger partial charge >= 0.3 is 6.18 Å². The van der Waals surface area contributed by atoms with Crippen LogP contribution in [0.5, 0.6) is 0 Å². The lowest BCUT2D eigenvalue weighted by Gasteiger charge is -2.32. The number of benzene rings is 1. The molecule has 26 heavy (non-hydrogen) atoms. The molecule has 1 amide bonds. The zero-order chi connectivity index (χ0) is 19.2. The fourth-order valence-electron chi connectivity index (χ4n) is 3.54. The van der Waals surface area contributed by atoms with Gasteiger partial charge in [0, 0.05) is 32.1 Å². The van der Waals surface area contributed by atoms with Gasteiger partial charge in [0.25, 0.3) is 0 Å². The van der Waals surface area contributed by atoms with Crippen molar-refractivity contribution >= 4 is 5.91 Å². The van der Waals surface area contributed by atoms with Gasteiger partial charge in [-0.3, -0.25) is 9.69 Å². The lowest BCUT2D eigenvalue weighted by Crippen LogP contribution is -2.44. The van der Waals surface area contributed by atoms with E-state index in [9.17, 15) is 18.0 Å². The van der Waals surface area contributed by atoms with Crippen molar-refractivity contribution < 1.29 is 18.0 Å². The third-order valence-corrected chi connectivity index (χ3v) is 4.93. The van der Waals surface area contributed by atoms with Crippen LogP contribution in [-0.4, -0.2) is 29.9 Å². The molecule has 1 N–H and O–H groups in total. The zero-order valence-corrected chi connectivity index (χ0v) is 15.6. The Hall–Kier alpha value is -1.56. The number of halogens is 3. The Morgan fingerprint density at radius 1 is 1.31 bits per heavy atom. The molecule has 0 aromatic heterocycles. The number of likely N-dealkylation sites (tertiary alicyclic amines) is 1. The molecule has 1 aromatic carbocycles. The van der Waals surface area contributed by atoms with Crippen molar-refractivity contribution in [3.05, 3.63) is 35.4 Å². The van der Waals surface area contributed by atoms with E-state index in [0.29, 0.717) is 24.4 Å². The van der Waals surface area contributed by atoms with E-state index >= 15 is 0 Å². The molecular weight excluding hydrogens is 341 g/mol. The van der Waals surface area contributed by atoms with Gasteiger partial charge < -0.3 is 5.32 Å². The smallest absolute Gasteiger partial charge is 0.353 e. The van der Waals surface area contributed by atoms with Gasteiger partial charge in [0.15, 0.2) is 0 Å². The Morgan fingerprint density at radius 2 is 2.00 bits per heavy atom. The highest BCUT2D eigenvalue weighted by molar-refractivity contribution is 5.76. The Morgan fingerprint density at radius 3 is 2.62 bits per heavy atom. The van der Waals surface area contributed by atoms with Crippen molar-refractivity contribution in [2.75, 3.05) is 13.1 Å². The Bertz CT molecular complexity index is 581. The maximum absolute atomic E-state index is 12.8. The van der Waals surface area contributed by atoms with Crippen LogP contribution in [0, 0.1) is 5.92 Å². The summed E-state index contributed by atoms with van der Waals surface area (Å²) in [6.07, 6.45) is 0.0887. The quantitative estimate of drug-likeness (QED) is 0.760. The summed E-state index contributed by atoms with van der Waals surface area (Å²) in [5, 5.41) is 3.11.